The summed E-state index contributed by atoms with van der Waals surface area (Å²) < 4.78 is 0. The van der Waals surface area contributed by atoms with Crippen molar-refractivity contribution in [3.8, 4) is 0 Å². The molecule has 1 saturated carbocycles. The highest BCUT2D eigenvalue weighted by Gasteiger charge is 2.43. The molecule has 96 valence electrons. The van der Waals surface area contributed by atoms with Crippen LogP contribution >= 0.6 is 0 Å². The molecule has 0 bridgehead atoms. The number of carbonyl (C=O) groups is 2. The minimum Gasteiger partial charge on any atom is -0.330 e. The monoisotopic (exact) mass is 239 g/mol. The van der Waals surface area contributed by atoms with Crippen molar-refractivity contribution in [1.82, 2.24) is 9.80 Å². The van der Waals surface area contributed by atoms with E-state index in [0.717, 1.165) is 19.3 Å². The molecule has 3 amide bonds. The van der Waals surface area contributed by atoms with E-state index >= 15 is 0 Å². The zero-order chi connectivity index (χ0) is 12.6. The molecule has 3 atom stereocenters. The first-order valence-corrected chi connectivity index (χ1v) is 6.31. The van der Waals surface area contributed by atoms with E-state index in [0.29, 0.717) is 12.5 Å². The Morgan fingerprint density at radius 3 is 2.59 bits per heavy atom. The highest BCUT2D eigenvalue weighted by molar-refractivity contribution is 6.02. The average Bonchev–Trinajstić information content (AvgIpc) is 2.53. The van der Waals surface area contributed by atoms with Gasteiger partial charge in [0, 0.05) is 13.1 Å². The van der Waals surface area contributed by atoms with E-state index in [4.69, 9.17) is 5.73 Å². The van der Waals surface area contributed by atoms with Crippen LogP contribution in [-0.4, -0.2) is 47.9 Å². The van der Waals surface area contributed by atoms with Crippen molar-refractivity contribution in [2.24, 2.45) is 17.6 Å². The summed E-state index contributed by atoms with van der Waals surface area (Å²) in [6, 6.07) is -0.152. The summed E-state index contributed by atoms with van der Waals surface area (Å²) in [5.74, 6) is 0.759. The van der Waals surface area contributed by atoms with Gasteiger partial charge in [-0.05, 0) is 31.2 Å². The van der Waals surface area contributed by atoms with Crippen LogP contribution in [0.4, 0.5) is 4.79 Å². The predicted molar refractivity (Wildman–Crippen MR) is 64.2 cm³/mol. The van der Waals surface area contributed by atoms with E-state index in [9.17, 15) is 9.59 Å². The van der Waals surface area contributed by atoms with Gasteiger partial charge in [-0.3, -0.25) is 9.69 Å². The molecule has 1 heterocycles. The fourth-order valence-electron chi connectivity index (χ4n) is 2.97. The largest absolute Gasteiger partial charge is 0.330 e. The van der Waals surface area contributed by atoms with E-state index in [2.05, 4.69) is 6.92 Å². The Hall–Kier alpha value is -1.10. The zero-order valence-electron chi connectivity index (χ0n) is 10.6. The molecule has 2 rings (SSSR count). The number of carbonyl (C=O) groups excluding carboxylic acids is 2. The van der Waals surface area contributed by atoms with Gasteiger partial charge in [-0.2, -0.15) is 0 Å². The Bertz CT molecular complexity index is 332. The third-order valence-electron chi connectivity index (χ3n) is 4.03. The lowest BCUT2D eigenvalue weighted by molar-refractivity contribution is -0.128. The molecule has 2 N–H and O–H groups in total. The minimum atomic E-state index is -0.160. The van der Waals surface area contributed by atoms with E-state index in [-0.39, 0.29) is 30.4 Å². The Kier molecular flexibility index (Phi) is 3.38. The zero-order valence-corrected chi connectivity index (χ0v) is 10.6. The van der Waals surface area contributed by atoms with Gasteiger partial charge in [0.05, 0.1) is 0 Å². The van der Waals surface area contributed by atoms with Gasteiger partial charge >= 0.3 is 6.03 Å². The molecule has 0 aromatic carbocycles. The van der Waals surface area contributed by atoms with Crippen molar-refractivity contribution < 1.29 is 9.59 Å². The van der Waals surface area contributed by atoms with Gasteiger partial charge in [-0.25, -0.2) is 4.79 Å². The maximum atomic E-state index is 12.0. The maximum Gasteiger partial charge on any atom is 0.327 e. The summed E-state index contributed by atoms with van der Waals surface area (Å²) in [5, 5.41) is 0. The number of nitrogens with zero attached hydrogens (tertiary/aromatic N) is 2. The molecular formula is C12H21N3O2. The van der Waals surface area contributed by atoms with E-state index in [1.165, 1.54) is 9.80 Å². The molecular weight excluding hydrogens is 218 g/mol. The van der Waals surface area contributed by atoms with Crippen LogP contribution in [0.15, 0.2) is 0 Å². The molecule has 1 saturated heterocycles. The first-order valence-electron chi connectivity index (χ1n) is 6.31. The van der Waals surface area contributed by atoms with E-state index in [1.54, 1.807) is 7.05 Å². The van der Waals surface area contributed by atoms with Gasteiger partial charge in [-0.15, -0.1) is 0 Å². The molecule has 3 unspecified atom stereocenters. The lowest BCUT2D eigenvalue weighted by atomic mass is 9.78. The van der Waals surface area contributed by atoms with Crippen molar-refractivity contribution in [3.05, 3.63) is 0 Å². The fourth-order valence-corrected chi connectivity index (χ4v) is 2.97. The van der Waals surface area contributed by atoms with Crippen molar-refractivity contribution in [2.45, 2.75) is 32.2 Å². The topological polar surface area (TPSA) is 66.6 Å². The van der Waals surface area contributed by atoms with Gasteiger partial charge in [-0.1, -0.05) is 13.3 Å². The van der Waals surface area contributed by atoms with Crippen LogP contribution in [0.1, 0.15) is 26.2 Å². The van der Waals surface area contributed by atoms with Crippen molar-refractivity contribution >= 4 is 11.9 Å². The normalized spacial score (nSPS) is 34.6. The van der Waals surface area contributed by atoms with Gasteiger partial charge < -0.3 is 10.6 Å². The lowest BCUT2D eigenvalue weighted by Gasteiger charge is -2.38. The second-order valence-corrected chi connectivity index (χ2v) is 5.38. The molecule has 0 aromatic heterocycles. The predicted octanol–water partition coefficient (Wildman–Crippen LogP) is 0.644. The molecule has 1 aliphatic heterocycles. The third-order valence-corrected chi connectivity index (χ3v) is 4.03. The number of nitrogens with two attached hydrogens (primary N) is 1. The number of imide groups is 1. The summed E-state index contributed by atoms with van der Waals surface area (Å²) in [4.78, 5) is 26.8. The fraction of sp³-hybridized carbons (Fsp3) is 0.833. The van der Waals surface area contributed by atoms with Crippen molar-refractivity contribution in [1.29, 1.82) is 0 Å². The van der Waals surface area contributed by atoms with Crippen molar-refractivity contribution in [3.63, 3.8) is 0 Å². The third kappa shape index (κ3) is 2.16. The second-order valence-electron chi connectivity index (χ2n) is 5.38. The molecule has 2 aliphatic rings. The first-order chi connectivity index (χ1) is 8.04. The van der Waals surface area contributed by atoms with Gasteiger partial charge in [0.1, 0.15) is 6.54 Å². The van der Waals surface area contributed by atoms with E-state index in [1.807, 2.05) is 0 Å². The van der Waals surface area contributed by atoms with Crippen LogP contribution in [-0.2, 0) is 4.79 Å². The Morgan fingerprint density at radius 1 is 1.35 bits per heavy atom. The summed E-state index contributed by atoms with van der Waals surface area (Å²) >= 11 is 0. The summed E-state index contributed by atoms with van der Waals surface area (Å²) in [7, 11) is 1.67. The summed E-state index contributed by atoms with van der Waals surface area (Å²) in [6.07, 6.45) is 3.06. The van der Waals surface area contributed by atoms with Crippen LogP contribution in [0, 0.1) is 11.8 Å². The molecule has 5 heteroatoms. The van der Waals surface area contributed by atoms with Crippen LogP contribution < -0.4 is 5.73 Å². The minimum absolute atomic E-state index is 0.00806. The Balaban J connectivity index is 2.18. The molecule has 2 fully saturated rings. The highest BCUT2D eigenvalue weighted by atomic mass is 16.2. The average molecular weight is 239 g/mol. The number of amides is 3. The van der Waals surface area contributed by atoms with Gasteiger partial charge in [0.2, 0.25) is 0 Å². The van der Waals surface area contributed by atoms with Crippen LogP contribution in [0.5, 0.6) is 0 Å². The molecule has 0 aromatic rings. The molecule has 0 spiro atoms. The molecule has 5 nitrogen and oxygen atoms in total. The smallest absolute Gasteiger partial charge is 0.327 e. The van der Waals surface area contributed by atoms with Gasteiger partial charge in [0.25, 0.3) is 5.91 Å². The summed E-state index contributed by atoms with van der Waals surface area (Å²) in [5.41, 5.74) is 5.77. The number of urea groups is 1. The number of likely N-dealkylation sites (N-methyl/N-ethyl adjacent to an activating group) is 1. The molecule has 17 heavy (non-hydrogen) atoms. The van der Waals surface area contributed by atoms with Gasteiger partial charge in [0.15, 0.2) is 0 Å². The van der Waals surface area contributed by atoms with Crippen LogP contribution in [0.25, 0.3) is 0 Å². The highest BCUT2D eigenvalue weighted by Crippen LogP contribution is 2.33. The Labute approximate surface area is 102 Å². The molecule has 0 radical (unpaired) electrons. The number of hydrogen-bond acceptors (Lipinski definition) is 3. The lowest BCUT2D eigenvalue weighted by Crippen LogP contribution is -2.49. The Morgan fingerprint density at radius 2 is 2.06 bits per heavy atom. The standard InChI is InChI=1S/C12H21N3O2/c1-8-3-4-9(6-13)10(5-8)15-11(16)7-14(2)12(15)17/h8-10H,3-7,13H2,1-2H3. The number of hydrogen-bond donors (Lipinski definition) is 1. The second kappa shape index (κ2) is 4.64. The quantitative estimate of drug-likeness (QED) is 0.719. The maximum absolute atomic E-state index is 12.0. The SMILES string of the molecule is CC1CCC(CN)C(N2C(=O)CN(C)C2=O)C1. The first kappa shape index (κ1) is 12.4. The molecule has 1 aliphatic carbocycles. The number of rotatable bonds is 2. The van der Waals surface area contributed by atoms with Crippen LogP contribution in [0.2, 0.25) is 0 Å². The van der Waals surface area contributed by atoms with E-state index < -0.39 is 0 Å². The van der Waals surface area contributed by atoms with Crippen molar-refractivity contribution in [2.75, 3.05) is 20.1 Å². The summed E-state index contributed by atoms with van der Waals surface area (Å²) in [6.45, 7) is 2.94. The van der Waals surface area contributed by atoms with Crippen LogP contribution in [0.3, 0.4) is 0 Å².